The van der Waals surface area contributed by atoms with Gasteiger partial charge < -0.3 is 15.0 Å². The molecular weight excluding hydrogens is 309 g/mol. The van der Waals surface area contributed by atoms with Crippen molar-refractivity contribution >= 4 is 6.09 Å². The highest BCUT2D eigenvalue weighted by molar-refractivity contribution is 5.69. The number of carbonyl (C=O) groups excluding carboxylic acids is 1. The SMILES string of the molecule is C[C@H](CC(F)(F)F)NC1C[C@@H]2CC[C@@H](C1)N2C(=O)OC(C)(C)C. The normalized spacial score (nSPS) is 29.5. The van der Waals surface area contributed by atoms with Crippen LogP contribution in [0.4, 0.5) is 18.0 Å². The molecule has 2 saturated heterocycles. The summed E-state index contributed by atoms with van der Waals surface area (Å²) in [6.07, 6.45) is -2.09. The number of carbonyl (C=O) groups is 1. The summed E-state index contributed by atoms with van der Waals surface area (Å²) in [5.74, 6) is 0. The lowest BCUT2D eigenvalue weighted by molar-refractivity contribution is -0.139. The lowest BCUT2D eigenvalue weighted by atomic mass is 9.96. The molecule has 0 aromatic rings. The molecule has 2 bridgehead atoms. The topological polar surface area (TPSA) is 41.6 Å². The first-order valence-electron chi connectivity index (χ1n) is 8.29. The Morgan fingerprint density at radius 2 is 1.74 bits per heavy atom. The molecule has 2 aliphatic heterocycles. The average Bonchev–Trinajstić information content (AvgIpc) is 2.57. The first-order valence-corrected chi connectivity index (χ1v) is 8.29. The number of nitrogens with zero attached hydrogens (tertiary/aromatic N) is 1. The molecular formula is C16H27F3N2O2. The number of alkyl halides is 3. The van der Waals surface area contributed by atoms with Crippen LogP contribution in [0.2, 0.25) is 0 Å². The lowest BCUT2D eigenvalue weighted by Crippen LogP contribution is -2.54. The van der Waals surface area contributed by atoms with Crippen LogP contribution in [0.25, 0.3) is 0 Å². The second-order valence-electron chi connectivity index (χ2n) is 7.83. The van der Waals surface area contributed by atoms with Gasteiger partial charge in [0, 0.05) is 24.2 Å². The second-order valence-corrected chi connectivity index (χ2v) is 7.83. The number of ether oxygens (including phenoxy) is 1. The van der Waals surface area contributed by atoms with Crippen molar-refractivity contribution in [2.45, 2.75) is 95.7 Å². The van der Waals surface area contributed by atoms with Crippen molar-refractivity contribution in [1.82, 2.24) is 10.2 Å². The van der Waals surface area contributed by atoms with Crippen LogP contribution in [-0.2, 0) is 4.74 Å². The molecule has 0 aromatic heterocycles. The molecule has 134 valence electrons. The summed E-state index contributed by atoms with van der Waals surface area (Å²) >= 11 is 0. The fraction of sp³-hybridized carbons (Fsp3) is 0.938. The number of rotatable bonds is 3. The highest BCUT2D eigenvalue weighted by Gasteiger charge is 2.45. The van der Waals surface area contributed by atoms with Crippen molar-refractivity contribution in [1.29, 1.82) is 0 Å². The van der Waals surface area contributed by atoms with Crippen LogP contribution >= 0.6 is 0 Å². The molecule has 0 radical (unpaired) electrons. The van der Waals surface area contributed by atoms with E-state index in [1.165, 1.54) is 0 Å². The molecule has 2 aliphatic rings. The fourth-order valence-electron chi connectivity index (χ4n) is 3.73. The van der Waals surface area contributed by atoms with E-state index in [9.17, 15) is 18.0 Å². The Morgan fingerprint density at radius 3 is 2.17 bits per heavy atom. The van der Waals surface area contributed by atoms with Crippen LogP contribution in [0, 0.1) is 0 Å². The van der Waals surface area contributed by atoms with E-state index in [1.807, 2.05) is 20.8 Å². The molecule has 7 heteroatoms. The number of hydrogen-bond acceptors (Lipinski definition) is 3. The van der Waals surface area contributed by atoms with Gasteiger partial charge in [0.2, 0.25) is 0 Å². The Morgan fingerprint density at radius 1 is 1.22 bits per heavy atom. The van der Waals surface area contributed by atoms with Crippen LogP contribution in [0.1, 0.15) is 59.8 Å². The van der Waals surface area contributed by atoms with E-state index in [0.29, 0.717) is 12.8 Å². The van der Waals surface area contributed by atoms with Gasteiger partial charge in [-0.1, -0.05) is 0 Å². The Bertz CT molecular complexity index is 420. The molecule has 0 saturated carbocycles. The van der Waals surface area contributed by atoms with E-state index in [0.717, 1.165) is 12.8 Å². The Balaban J connectivity index is 1.90. The van der Waals surface area contributed by atoms with Gasteiger partial charge in [0.05, 0.1) is 6.42 Å². The van der Waals surface area contributed by atoms with Crippen LogP contribution in [0.3, 0.4) is 0 Å². The Labute approximate surface area is 135 Å². The number of piperidine rings is 1. The van der Waals surface area contributed by atoms with Crippen LogP contribution in [0.5, 0.6) is 0 Å². The van der Waals surface area contributed by atoms with E-state index in [-0.39, 0.29) is 24.2 Å². The average molecular weight is 336 g/mol. The maximum absolute atomic E-state index is 12.4. The summed E-state index contributed by atoms with van der Waals surface area (Å²) < 4.78 is 42.8. The van der Waals surface area contributed by atoms with Gasteiger partial charge in [-0.2, -0.15) is 13.2 Å². The minimum atomic E-state index is -4.15. The largest absolute Gasteiger partial charge is 0.444 e. The van der Waals surface area contributed by atoms with Gasteiger partial charge in [-0.15, -0.1) is 0 Å². The number of fused-ring (bicyclic) bond motifs is 2. The Kier molecular flexibility index (Phi) is 5.18. The number of halogens is 3. The zero-order chi connectivity index (χ0) is 17.4. The van der Waals surface area contributed by atoms with Gasteiger partial charge >= 0.3 is 12.3 Å². The third kappa shape index (κ3) is 5.26. The smallest absolute Gasteiger partial charge is 0.410 e. The maximum atomic E-state index is 12.4. The molecule has 4 nitrogen and oxygen atoms in total. The van der Waals surface area contributed by atoms with Crippen molar-refractivity contribution in [3.05, 3.63) is 0 Å². The first kappa shape index (κ1) is 18.4. The third-order valence-electron chi connectivity index (χ3n) is 4.40. The summed E-state index contributed by atoms with van der Waals surface area (Å²) in [5, 5.41) is 3.09. The molecule has 3 atom stereocenters. The third-order valence-corrected chi connectivity index (χ3v) is 4.40. The Hall–Kier alpha value is -0.980. The summed E-state index contributed by atoms with van der Waals surface area (Å²) in [5.41, 5.74) is -0.535. The number of hydrogen-bond donors (Lipinski definition) is 1. The first-order chi connectivity index (χ1) is 10.4. The van der Waals surface area contributed by atoms with Crippen LogP contribution < -0.4 is 5.32 Å². The molecule has 0 aliphatic carbocycles. The van der Waals surface area contributed by atoms with E-state index in [2.05, 4.69) is 5.32 Å². The predicted octanol–water partition coefficient (Wildman–Crippen LogP) is 3.85. The van der Waals surface area contributed by atoms with E-state index in [1.54, 1.807) is 11.8 Å². The number of nitrogens with one attached hydrogen (secondary N) is 1. The van der Waals surface area contributed by atoms with Gasteiger partial charge in [0.15, 0.2) is 0 Å². The van der Waals surface area contributed by atoms with E-state index < -0.39 is 24.2 Å². The summed E-state index contributed by atoms with van der Waals surface area (Å²) in [6, 6.07) is -0.436. The van der Waals surface area contributed by atoms with Crippen LogP contribution in [0.15, 0.2) is 0 Å². The van der Waals surface area contributed by atoms with Crippen molar-refractivity contribution < 1.29 is 22.7 Å². The molecule has 2 fully saturated rings. The summed E-state index contributed by atoms with van der Waals surface area (Å²) in [7, 11) is 0. The predicted molar refractivity (Wildman–Crippen MR) is 81.2 cm³/mol. The van der Waals surface area contributed by atoms with Crippen molar-refractivity contribution in [3.8, 4) is 0 Å². The number of amides is 1. The monoisotopic (exact) mass is 336 g/mol. The van der Waals surface area contributed by atoms with Gasteiger partial charge in [-0.3, -0.25) is 0 Å². The summed E-state index contributed by atoms with van der Waals surface area (Å²) in [4.78, 5) is 14.1. The molecule has 0 spiro atoms. The molecule has 1 amide bonds. The van der Waals surface area contributed by atoms with Gasteiger partial charge in [-0.25, -0.2) is 4.79 Å². The fourth-order valence-corrected chi connectivity index (χ4v) is 3.73. The zero-order valence-corrected chi connectivity index (χ0v) is 14.2. The molecule has 2 rings (SSSR count). The molecule has 1 N–H and O–H groups in total. The van der Waals surface area contributed by atoms with E-state index in [4.69, 9.17) is 4.74 Å². The maximum Gasteiger partial charge on any atom is 0.410 e. The quantitative estimate of drug-likeness (QED) is 0.851. The highest BCUT2D eigenvalue weighted by atomic mass is 19.4. The molecule has 0 aromatic carbocycles. The summed E-state index contributed by atoms with van der Waals surface area (Å²) in [6.45, 7) is 7.06. The molecule has 2 heterocycles. The van der Waals surface area contributed by atoms with Crippen molar-refractivity contribution in [2.75, 3.05) is 0 Å². The lowest BCUT2D eigenvalue weighted by Gasteiger charge is -2.40. The standard InChI is InChI=1S/C16H27F3N2O2/c1-10(9-16(17,18)19)20-11-7-12-5-6-13(8-11)21(12)14(22)23-15(2,3)4/h10-13,20H,5-9H2,1-4H3/t10-,12+,13+/m1/s1. The van der Waals surface area contributed by atoms with Crippen molar-refractivity contribution in [3.63, 3.8) is 0 Å². The minimum absolute atomic E-state index is 0.0311. The minimum Gasteiger partial charge on any atom is -0.444 e. The zero-order valence-electron chi connectivity index (χ0n) is 14.2. The van der Waals surface area contributed by atoms with Crippen molar-refractivity contribution in [2.24, 2.45) is 0 Å². The molecule has 0 unspecified atom stereocenters. The second kappa shape index (κ2) is 6.49. The van der Waals surface area contributed by atoms with E-state index >= 15 is 0 Å². The van der Waals surface area contributed by atoms with Gasteiger partial charge in [-0.05, 0) is 53.4 Å². The highest BCUT2D eigenvalue weighted by Crippen LogP contribution is 2.37. The molecule has 23 heavy (non-hydrogen) atoms. The van der Waals surface area contributed by atoms with Gasteiger partial charge in [0.1, 0.15) is 5.60 Å². The van der Waals surface area contributed by atoms with Gasteiger partial charge in [0.25, 0.3) is 0 Å². The van der Waals surface area contributed by atoms with Crippen LogP contribution in [-0.4, -0.2) is 46.9 Å².